The van der Waals surface area contributed by atoms with Crippen molar-refractivity contribution in [3.05, 3.63) is 5.82 Å². The SMILES string of the molecule is Cc1nc(NCCN)nc(NCCN)n1. The van der Waals surface area contributed by atoms with E-state index >= 15 is 0 Å². The summed E-state index contributed by atoms with van der Waals surface area (Å²) >= 11 is 0. The number of nitrogens with two attached hydrogens (primary N) is 2. The van der Waals surface area contributed by atoms with Crippen LogP contribution >= 0.6 is 0 Å². The largest absolute Gasteiger partial charge is 0.353 e. The third-order valence-electron chi connectivity index (χ3n) is 1.60. The van der Waals surface area contributed by atoms with Gasteiger partial charge in [0, 0.05) is 26.2 Å². The molecule has 0 bridgehead atoms. The van der Waals surface area contributed by atoms with E-state index in [1.54, 1.807) is 0 Å². The van der Waals surface area contributed by atoms with Crippen molar-refractivity contribution in [2.45, 2.75) is 6.92 Å². The van der Waals surface area contributed by atoms with Crippen LogP contribution in [-0.4, -0.2) is 41.1 Å². The molecule has 0 saturated carbocycles. The molecule has 0 saturated heterocycles. The fourth-order valence-electron chi connectivity index (χ4n) is 1.01. The van der Waals surface area contributed by atoms with E-state index in [1.807, 2.05) is 6.92 Å². The van der Waals surface area contributed by atoms with Gasteiger partial charge in [-0.3, -0.25) is 0 Å². The van der Waals surface area contributed by atoms with E-state index < -0.39 is 0 Å². The lowest BCUT2D eigenvalue weighted by atomic mass is 10.6. The molecule has 0 aliphatic carbocycles. The zero-order valence-corrected chi connectivity index (χ0v) is 8.82. The van der Waals surface area contributed by atoms with E-state index in [0.717, 1.165) is 0 Å². The van der Waals surface area contributed by atoms with E-state index in [4.69, 9.17) is 11.5 Å². The highest BCUT2D eigenvalue weighted by Crippen LogP contribution is 2.03. The van der Waals surface area contributed by atoms with Gasteiger partial charge in [0.25, 0.3) is 0 Å². The van der Waals surface area contributed by atoms with Crippen LogP contribution in [0, 0.1) is 6.92 Å². The van der Waals surface area contributed by atoms with Crippen LogP contribution in [0.3, 0.4) is 0 Å². The summed E-state index contributed by atoms with van der Waals surface area (Å²) in [6, 6.07) is 0. The molecule has 0 spiro atoms. The Balaban J connectivity index is 2.66. The summed E-state index contributed by atoms with van der Waals surface area (Å²) in [5.74, 6) is 1.73. The van der Waals surface area contributed by atoms with Crippen LogP contribution in [0.2, 0.25) is 0 Å². The Kier molecular flexibility index (Phi) is 4.72. The highest BCUT2D eigenvalue weighted by atomic mass is 15.2. The van der Waals surface area contributed by atoms with Crippen LogP contribution in [0.4, 0.5) is 11.9 Å². The minimum absolute atomic E-state index is 0.535. The molecule has 7 nitrogen and oxygen atoms in total. The number of hydrogen-bond donors (Lipinski definition) is 4. The van der Waals surface area contributed by atoms with Gasteiger partial charge >= 0.3 is 0 Å². The van der Waals surface area contributed by atoms with Crippen LogP contribution in [0.5, 0.6) is 0 Å². The highest BCUT2D eigenvalue weighted by Gasteiger charge is 2.01. The summed E-state index contributed by atoms with van der Waals surface area (Å²) in [5.41, 5.74) is 10.7. The van der Waals surface area contributed by atoms with Crippen LogP contribution in [0.1, 0.15) is 5.82 Å². The smallest absolute Gasteiger partial charge is 0.227 e. The normalized spacial score (nSPS) is 10.1. The monoisotopic (exact) mass is 211 g/mol. The van der Waals surface area contributed by atoms with Crippen molar-refractivity contribution in [2.24, 2.45) is 11.5 Å². The van der Waals surface area contributed by atoms with Crippen molar-refractivity contribution in [3.8, 4) is 0 Å². The van der Waals surface area contributed by atoms with Gasteiger partial charge in [0.15, 0.2) is 0 Å². The first-order valence-corrected chi connectivity index (χ1v) is 4.87. The minimum Gasteiger partial charge on any atom is -0.353 e. The zero-order valence-electron chi connectivity index (χ0n) is 8.82. The minimum atomic E-state index is 0.535. The van der Waals surface area contributed by atoms with Gasteiger partial charge in [-0.2, -0.15) is 15.0 Å². The molecule has 15 heavy (non-hydrogen) atoms. The van der Waals surface area contributed by atoms with Crippen molar-refractivity contribution in [3.63, 3.8) is 0 Å². The summed E-state index contributed by atoms with van der Waals surface area (Å²) in [6.45, 7) is 4.16. The van der Waals surface area contributed by atoms with E-state index in [1.165, 1.54) is 0 Å². The Morgan fingerprint density at radius 3 is 1.80 bits per heavy atom. The number of rotatable bonds is 6. The fraction of sp³-hybridized carbons (Fsp3) is 0.625. The van der Waals surface area contributed by atoms with Crippen molar-refractivity contribution in [1.29, 1.82) is 0 Å². The summed E-state index contributed by atoms with van der Waals surface area (Å²) in [7, 11) is 0. The van der Waals surface area contributed by atoms with E-state index in [2.05, 4.69) is 25.6 Å². The number of hydrogen-bond acceptors (Lipinski definition) is 7. The first kappa shape index (κ1) is 11.6. The number of nitrogens with zero attached hydrogens (tertiary/aromatic N) is 3. The van der Waals surface area contributed by atoms with Crippen molar-refractivity contribution in [1.82, 2.24) is 15.0 Å². The second-order valence-corrected chi connectivity index (χ2v) is 2.96. The predicted molar refractivity (Wildman–Crippen MR) is 59.7 cm³/mol. The molecule has 1 aromatic heterocycles. The van der Waals surface area contributed by atoms with Gasteiger partial charge in [-0.25, -0.2) is 0 Å². The van der Waals surface area contributed by atoms with Crippen LogP contribution in [0.25, 0.3) is 0 Å². The topological polar surface area (TPSA) is 115 Å². The van der Waals surface area contributed by atoms with Crippen LogP contribution < -0.4 is 22.1 Å². The lowest BCUT2D eigenvalue weighted by molar-refractivity contribution is 0.918. The number of aryl methyl sites for hydroxylation is 1. The summed E-state index contributed by atoms with van der Waals surface area (Å²) < 4.78 is 0. The Hall–Kier alpha value is -1.47. The molecular weight excluding hydrogens is 194 g/mol. The molecule has 1 aromatic rings. The van der Waals surface area contributed by atoms with E-state index in [9.17, 15) is 0 Å². The van der Waals surface area contributed by atoms with Crippen molar-refractivity contribution in [2.75, 3.05) is 36.8 Å². The average Bonchev–Trinajstić information content (AvgIpc) is 2.23. The van der Waals surface area contributed by atoms with Gasteiger partial charge in [0.05, 0.1) is 0 Å². The number of nitrogens with one attached hydrogen (secondary N) is 2. The maximum absolute atomic E-state index is 5.37. The predicted octanol–water partition coefficient (Wildman–Crippen LogP) is -1.08. The number of aromatic nitrogens is 3. The summed E-state index contributed by atoms with van der Waals surface area (Å²) in [5, 5.41) is 5.99. The van der Waals surface area contributed by atoms with E-state index in [0.29, 0.717) is 43.9 Å². The number of anilines is 2. The Morgan fingerprint density at radius 1 is 0.933 bits per heavy atom. The highest BCUT2D eigenvalue weighted by molar-refractivity contribution is 5.34. The molecule has 0 fully saturated rings. The zero-order chi connectivity index (χ0) is 11.1. The fourth-order valence-corrected chi connectivity index (χ4v) is 1.01. The molecule has 6 N–H and O–H groups in total. The van der Waals surface area contributed by atoms with Gasteiger partial charge in [-0.15, -0.1) is 0 Å². The molecule has 7 heteroatoms. The Labute approximate surface area is 88.7 Å². The molecule has 1 heterocycles. The van der Waals surface area contributed by atoms with Crippen molar-refractivity contribution < 1.29 is 0 Å². The van der Waals surface area contributed by atoms with Gasteiger partial charge in [-0.05, 0) is 6.92 Å². The van der Waals surface area contributed by atoms with Gasteiger partial charge in [-0.1, -0.05) is 0 Å². The molecule has 0 radical (unpaired) electrons. The molecule has 0 amide bonds. The third kappa shape index (κ3) is 4.05. The first-order valence-electron chi connectivity index (χ1n) is 4.87. The quantitative estimate of drug-likeness (QED) is 0.473. The molecule has 0 aromatic carbocycles. The second-order valence-electron chi connectivity index (χ2n) is 2.96. The molecule has 0 aliphatic rings. The Bertz CT molecular complexity index is 275. The maximum Gasteiger partial charge on any atom is 0.227 e. The van der Waals surface area contributed by atoms with Crippen LogP contribution in [0.15, 0.2) is 0 Å². The van der Waals surface area contributed by atoms with Gasteiger partial charge < -0.3 is 22.1 Å². The molecule has 0 aliphatic heterocycles. The van der Waals surface area contributed by atoms with E-state index in [-0.39, 0.29) is 0 Å². The molecule has 0 atom stereocenters. The lowest BCUT2D eigenvalue weighted by Gasteiger charge is -2.07. The van der Waals surface area contributed by atoms with Gasteiger partial charge in [0.1, 0.15) is 5.82 Å². The second kappa shape index (κ2) is 6.10. The maximum atomic E-state index is 5.37. The lowest BCUT2D eigenvalue weighted by Crippen LogP contribution is -2.18. The summed E-state index contributed by atoms with van der Waals surface area (Å²) in [6.07, 6.45) is 0. The Morgan fingerprint density at radius 2 is 1.40 bits per heavy atom. The first-order chi connectivity index (χ1) is 7.26. The molecule has 1 rings (SSSR count). The van der Waals surface area contributed by atoms with Gasteiger partial charge in [0.2, 0.25) is 11.9 Å². The van der Waals surface area contributed by atoms with Crippen molar-refractivity contribution >= 4 is 11.9 Å². The van der Waals surface area contributed by atoms with Crippen LogP contribution in [-0.2, 0) is 0 Å². The third-order valence-corrected chi connectivity index (χ3v) is 1.60. The molecule has 0 unspecified atom stereocenters. The molecular formula is C8H17N7. The average molecular weight is 211 g/mol. The molecule has 84 valence electrons. The standard InChI is InChI=1S/C8H17N7/c1-6-13-7(11-4-2-9)15-8(14-6)12-5-3-10/h2-5,9-10H2,1H3,(H2,11,12,13,14,15). The summed E-state index contributed by atoms with van der Waals surface area (Å²) in [4.78, 5) is 12.4.